The van der Waals surface area contributed by atoms with E-state index >= 15 is 0 Å². The van der Waals surface area contributed by atoms with Gasteiger partial charge in [0, 0.05) is 18.2 Å². The van der Waals surface area contributed by atoms with Gasteiger partial charge in [0.05, 0.1) is 10.6 Å². The van der Waals surface area contributed by atoms with Crippen LogP contribution in [0.4, 0.5) is 0 Å². The summed E-state index contributed by atoms with van der Waals surface area (Å²) >= 11 is 6.26. The van der Waals surface area contributed by atoms with Crippen molar-refractivity contribution in [3.8, 4) is 11.5 Å². The molecule has 2 aromatic rings. The summed E-state index contributed by atoms with van der Waals surface area (Å²) in [6.45, 7) is 7.63. The quantitative estimate of drug-likeness (QED) is 0.862. The highest BCUT2D eigenvalue weighted by Crippen LogP contribution is 2.42. The van der Waals surface area contributed by atoms with E-state index in [1.165, 1.54) is 12.8 Å². The summed E-state index contributed by atoms with van der Waals surface area (Å²) in [4.78, 5) is 12.7. The number of aromatic nitrogens is 2. The molecule has 0 atom stereocenters. The van der Waals surface area contributed by atoms with Gasteiger partial charge in [-0.15, -0.1) is 0 Å². The topological polar surface area (TPSA) is 65.4 Å². The number of carbonyl (C=O) groups excluding carboxylic acids is 1. The number of nitrogens with one attached hydrogen (secondary N) is 1. The molecule has 27 heavy (non-hydrogen) atoms. The van der Waals surface area contributed by atoms with Crippen molar-refractivity contribution in [1.82, 2.24) is 15.1 Å². The highest BCUT2D eigenvalue weighted by Gasteiger charge is 2.32. The van der Waals surface area contributed by atoms with Crippen LogP contribution < -0.4 is 14.8 Å². The fraction of sp³-hybridized carbons (Fsp3) is 0.500. The lowest BCUT2D eigenvalue weighted by atomic mass is 10.1. The van der Waals surface area contributed by atoms with E-state index in [4.69, 9.17) is 21.1 Å². The lowest BCUT2D eigenvalue weighted by molar-refractivity contribution is 0.0944. The number of fused-ring (bicyclic) bond motifs is 1. The minimum Gasteiger partial charge on any atom is -0.486 e. The zero-order chi connectivity index (χ0) is 19.2. The summed E-state index contributed by atoms with van der Waals surface area (Å²) in [7, 11) is 0. The van der Waals surface area contributed by atoms with Crippen LogP contribution in [-0.2, 0) is 12.1 Å². The maximum Gasteiger partial charge on any atom is 0.272 e. The van der Waals surface area contributed by atoms with E-state index in [0.717, 1.165) is 11.3 Å². The summed E-state index contributed by atoms with van der Waals surface area (Å²) in [6.07, 6.45) is 2.33. The SMILES string of the molecule is CC(C)(C)n1nc(C(=O)NCc2cc(Cl)c3c(c2)OCCO3)cc1C1CC1. The molecule has 0 saturated heterocycles. The van der Waals surface area contributed by atoms with Gasteiger partial charge in [-0.25, -0.2) is 0 Å². The second-order valence-corrected chi connectivity index (χ2v) is 8.50. The summed E-state index contributed by atoms with van der Waals surface area (Å²) in [5.41, 5.74) is 2.31. The van der Waals surface area contributed by atoms with Gasteiger partial charge in [0.25, 0.3) is 5.91 Å². The lowest BCUT2D eigenvalue weighted by Crippen LogP contribution is -2.27. The normalized spacial score (nSPS) is 16.3. The van der Waals surface area contributed by atoms with E-state index < -0.39 is 0 Å². The largest absolute Gasteiger partial charge is 0.486 e. The molecule has 0 spiro atoms. The number of ether oxygens (including phenoxy) is 2. The molecule has 0 radical (unpaired) electrons. The van der Waals surface area contributed by atoms with Crippen molar-refractivity contribution in [2.45, 2.75) is 51.6 Å². The minimum atomic E-state index is -0.189. The molecular formula is C20H24ClN3O3. The third kappa shape index (κ3) is 3.76. The number of nitrogens with zero attached hydrogens (tertiary/aromatic N) is 2. The van der Waals surface area contributed by atoms with Crippen LogP contribution in [0.2, 0.25) is 5.02 Å². The van der Waals surface area contributed by atoms with Crippen LogP contribution in [0.25, 0.3) is 0 Å². The van der Waals surface area contributed by atoms with Gasteiger partial charge in [-0.3, -0.25) is 9.48 Å². The Morgan fingerprint density at radius 1 is 1.26 bits per heavy atom. The number of benzene rings is 1. The van der Waals surface area contributed by atoms with Gasteiger partial charge in [-0.2, -0.15) is 5.10 Å². The van der Waals surface area contributed by atoms with E-state index in [-0.39, 0.29) is 11.4 Å². The van der Waals surface area contributed by atoms with Crippen molar-refractivity contribution in [2.75, 3.05) is 13.2 Å². The Hall–Kier alpha value is -2.21. The zero-order valence-corrected chi connectivity index (χ0v) is 16.6. The first kappa shape index (κ1) is 18.2. The Morgan fingerprint density at radius 3 is 2.70 bits per heavy atom. The Labute approximate surface area is 163 Å². The van der Waals surface area contributed by atoms with Gasteiger partial charge in [0.15, 0.2) is 11.5 Å². The molecule has 1 aliphatic heterocycles. The smallest absolute Gasteiger partial charge is 0.272 e. The van der Waals surface area contributed by atoms with Crippen molar-refractivity contribution in [3.05, 3.63) is 40.2 Å². The van der Waals surface area contributed by atoms with Crippen LogP contribution in [0.1, 0.15) is 61.3 Å². The van der Waals surface area contributed by atoms with Gasteiger partial charge >= 0.3 is 0 Å². The number of rotatable bonds is 4. The zero-order valence-electron chi connectivity index (χ0n) is 15.8. The van der Waals surface area contributed by atoms with Gasteiger partial charge < -0.3 is 14.8 Å². The molecule has 1 fully saturated rings. The molecule has 1 aromatic carbocycles. The molecule has 2 heterocycles. The first-order valence-corrected chi connectivity index (χ1v) is 9.67. The van der Waals surface area contributed by atoms with E-state index in [0.29, 0.717) is 47.9 Å². The first-order chi connectivity index (χ1) is 12.8. The third-order valence-electron chi connectivity index (χ3n) is 4.71. The van der Waals surface area contributed by atoms with Crippen LogP contribution in [0.15, 0.2) is 18.2 Å². The summed E-state index contributed by atoms with van der Waals surface area (Å²) in [6, 6.07) is 5.57. The number of carbonyl (C=O) groups is 1. The van der Waals surface area contributed by atoms with Gasteiger partial charge in [-0.1, -0.05) is 11.6 Å². The van der Waals surface area contributed by atoms with Crippen molar-refractivity contribution in [3.63, 3.8) is 0 Å². The number of halogens is 1. The molecule has 6 nitrogen and oxygen atoms in total. The van der Waals surface area contributed by atoms with Gasteiger partial charge in [0.2, 0.25) is 0 Å². The molecular weight excluding hydrogens is 366 g/mol. The molecule has 2 aliphatic rings. The predicted octanol–water partition coefficient (Wildman–Crippen LogP) is 3.87. The van der Waals surface area contributed by atoms with Crippen LogP contribution in [0, 0.1) is 0 Å². The molecule has 0 unspecified atom stereocenters. The van der Waals surface area contributed by atoms with Crippen molar-refractivity contribution in [1.29, 1.82) is 0 Å². The third-order valence-corrected chi connectivity index (χ3v) is 4.99. The van der Waals surface area contributed by atoms with Crippen LogP contribution in [0.3, 0.4) is 0 Å². The number of hydrogen-bond donors (Lipinski definition) is 1. The Kier molecular flexibility index (Phi) is 4.54. The molecule has 1 amide bonds. The van der Waals surface area contributed by atoms with Crippen molar-refractivity contribution < 1.29 is 14.3 Å². The summed E-state index contributed by atoms with van der Waals surface area (Å²) in [5.74, 6) is 1.52. The van der Waals surface area contributed by atoms with Crippen molar-refractivity contribution in [2.24, 2.45) is 0 Å². The number of amides is 1. The van der Waals surface area contributed by atoms with E-state index in [2.05, 4.69) is 31.2 Å². The average molecular weight is 390 g/mol. The second kappa shape index (κ2) is 6.75. The predicted molar refractivity (Wildman–Crippen MR) is 103 cm³/mol. The van der Waals surface area contributed by atoms with Crippen LogP contribution >= 0.6 is 11.6 Å². The molecule has 144 valence electrons. The highest BCUT2D eigenvalue weighted by atomic mass is 35.5. The second-order valence-electron chi connectivity index (χ2n) is 8.10. The van der Waals surface area contributed by atoms with Crippen molar-refractivity contribution >= 4 is 17.5 Å². The Balaban J connectivity index is 1.49. The maximum absolute atomic E-state index is 12.7. The molecule has 4 rings (SSSR count). The first-order valence-electron chi connectivity index (χ1n) is 9.29. The number of hydrogen-bond acceptors (Lipinski definition) is 4. The lowest BCUT2D eigenvalue weighted by Gasteiger charge is -2.22. The average Bonchev–Trinajstić information content (AvgIpc) is 3.36. The van der Waals surface area contributed by atoms with E-state index in [1.54, 1.807) is 6.07 Å². The monoisotopic (exact) mass is 389 g/mol. The Morgan fingerprint density at radius 2 is 2.00 bits per heavy atom. The molecule has 7 heteroatoms. The van der Waals surface area contributed by atoms with Gasteiger partial charge in [0.1, 0.15) is 18.9 Å². The Bertz CT molecular complexity index is 881. The van der Waals surface area contributed by atoms with E-state index in [9.17, 15) is 4.79 Å². The fourth-order valence-corrected chi connectivity index (χ4v) is 3.54. The van der Waals surface area contributed by atoms with Crippen LogP contribution in [-0.4, -0.2) is 28.9 Å². The molecule has 1 aliphatic carbocycles. The maximum atomic E-state index is 12.7. The van der Waals surface area contributed by atoms with E-state index in [1.807, 2.05) is 16.8 Å². The summed E-state index contributed by atoms with van der Waals surface area (Å²) < 4.78 is 13.1. The minimum absolute atomic E-state index is 0.153. The molecule has 1 aromatic heterocycles. The molecule has 0 bridgehead atoms. The fourth-order valence-electron chi connectivity index (χ4n) is 3.25. The van der Waals surface area contributed by atoms with Gasteiger partial charge in [-0.05, 0) is 57.4 Å². The summed E-state index contributed by atoms with van der Waals surface area (Å²) in [5, 5.41) is 8.00. The molecule has 1 N–H and O–H groups in total. The highest BCUT2D eigenvalue weighted by molar-refractivity contribution is 6.32. The molecule has 1 saturated carbocycles. The van der Waals surface area contributed by atoms with Crippen LogP contribution in [0.5, 0.6) is 11.5 Å². The standard InChI is InChI=1S/C20H24ClN3O3/c1-20(2,3)24-16(13-4-5-13)10-15(23-24)19(25)22-11-12-8-14(21)18-17(9-12)26-6-7-27-18/h8-10,13H,4-7,11H2,1-3H3,(H,22,25).